The lowest BCUT2D eigenvalue weighted by atomic mass is 9.90. The number of aromatic amines is 1. The van der Waals surface area contributed by atoms with E-state index in [2.05, 4.69) is 52.2 Å². The minimum atomic E-state index is -0.276. The van der Waals surface area contributed by atoms with Gasteiger partial charge in [-0.25, -0.2) is 4.98 Å². The number of tetrazole rings is 1. The van der Waals surface area contributed by atoms with Crippen LogP contribution in [0.4, 0.5) is 17.6 Å². The van der Waals surface area contributed by atoms with Crippen molar-refractivity contribution in [3.63, 3.8) is 0 Å². The van der Waals surface area contributed by atoms with Crippen LogP contribution < -0.4 is 15.5 Å². The molecule has 180 valence electrons. The fraction of sp³-hybridized carbons (Fsp3) is 0.591. The van der Waals surface area contributed by atoms with Crippen molar-refractivity contribution in [2.45, 2.75) is 69.4 Å². The van der Waals surface area contributed by atoms with E-state index in [9.17, 15) is 4.79 Å². The minimum absolute atomic E-state index is 0.101. The van der Waals surface area contributed by atoms with Gasteiger partial charge in [0.1, 0.15) is 5.82 Å². The number of anilines is 3. The number of carbonyl (C=O) groups excluding carboxylic acids is 1. The minimum Gasteiger partial charge on any atom is -0.346 e. The molecule has 2 aliphatic carbocycles. The molecule has 3 aromatic rings. The van der Waals surface area contributed by atoms with E-state index in [0.29, 0.717) is 17.9 Å². The highest BCUT2D eigenvalue weighted by molar-refractivity contribution is 5.90. The van der Waals surface area contributed by atoms with E-state index in [1.807, 2.05) is 13.1 Å². The van der Waals surface area contributed by atoms with Crippen molar-refractivity contribution in [1.82, 2.24) is 45.7 Å². The first-order chi connectivity index (χ1) is 16.5. The molecule has 3 aromatic heterocycles. The van der Waals surface area contributed by atoms with Gasteiger partial charge in [-0.1, -0.05) is 12.8 Å². The number of rotatable bonds is 7. The monoisotopic (exact) mass is 465 g/mol. The summed E-state index contributed by atoms with van der Waals surface area (Å²) in [6, 6.07) is 4.35. The van der Waals surface area contributed by atoms with Crippen molar-refractivity contribution in [2.75, 3.05) is 17.3 Å². The third kappa shape index (κ3) is 5.00. The second-order valence-corrected chi connectivity index (χ2v) is 9.25. The molecule has 0 aliphatic heterocycles. The molecule has 0 aromatic carbocycles. The van der Waals surface area contributed by atoms with Gasteiger partial charge in [0.15, 0.2) is 5.82 Å². The Morgan fingerprint density at radius 1 is 1.15 bits per heavy atom. The summed E-state index contributed by atoms with van der Waals surface area (Å²) in [6.45, 7) is 0. The van der Waals surface area contributed by atoms with Gasteiger partial charge in [0.05, 0.1) is 7.05 Å². The van der Waals surface area contributed by atoms with Crippen LogP contribution in [-0.2, 0) is 7.05 Å². The SMILES string of the molecule is Cn1nnc(C(=O)N[C@H]2CC[C@H](N(C)c3nccc(Nc4cc(C5CCCC5)[nH]n4)n3)CC2)n1. The summed E-state index contributed by atoms with van der Waals surface area (Å²) in [7, 11) is 3.67. The summed E-state index contributed by atoms with van der Waals surface area (Å²) >= 11 is 0. The van der Waals surface area contributed by atoms with Crippen LogP contribution in [-0.4, -0.2) is 65.4 Å². The molecule has 0 atom stereocenters. The van der Waals surface area contributed by atoms with E-state index < -0.39 is 0 Å². The zero-order chi connectivity index (χ0) is 23.5. The fourth-order valence-electron chi connectivity index (χ4n) is 4.96. The van der Waals surface area contributed by atoms with Gasteiger partial charge in [0, 0.05) is 43.0 Å². The number of nitrogens with one attached hydrogen (secondary N) is 3. The third-order valence-electron chi connectivity index (χ3n) is 6.90. The Labute approximate surface area is 197 Å². The van der Waals surface area contributed by atoms with Gasteiger partial charge in [-0.05, 0) is 49.8 Å². The smallest absolute Gasteiger partial charge is 0.293 e. The maximum atomic E-state index is 12.3. The molecule has 12 nitrogen and oxygen atoms in total. The van der Waals surface area contributed by atoms with E-state index in [1.54, 1.807) is 13.2 Å². The Kier molecular flexibility index (Phi) is 6.37. The van der Waals surface area contributed by atoms with Crippen LogP contribution in [0.5, 0.6) is 0 Å². The maximum absolute atomic E-state index is 12.3. The van der Waals surface area contributed by atoms with E-state index in [0.717, 1.165) is 37.3 Å². The van der Waals surface area contributed by atoms with Crippen LogP contribution in [0.3, 0.4) is 0 Å². The van der Waals surface area contributed by atoms with Gasteiger partial charge in [0.25, 0.3) is 11.7 Å². The number of hydrogen-bond donors (Lipinski definition) is 3. The first kappa shape index (κ1) is 22.2. The molecule has 12 heteroatoms. The van der Waals surface area contributed by atoms with Crippen LogP contribution >= 0.6 is 0 Å². The molecule has 1 amide bonds. The number of aromatic nitrogens is 8. The number of aryl methyl sites for hydroxylation is 1. The van der Waals surface area contributed by atoms with Gasteiger partial charge in [-0.3, -0.25) is 9.89 Å². The molecular formula is C22H31N11O. The van der Waals surface area contributed by atoms with Gasteiger partial charge < -0.3 is 15.5 Å². The molecule has 5 rings (SSSR count). The van der Waals surface area contributed by atoms with Crippen molar-refractivity contribution in [3.05, 3.63) is 29.8 Å². The Hall–Kier alpha value is -3.57. The highest BCUT2D eigenvalue weighted by Gasteiger charge is 2.27. The molecule has 0 unspecified atom stereocenters. The van der Waals surface area contributed by atoms with Crippen molar-refractivity contribution in [1.29, 1.82) is 0 Å². The standard InChI is InChI=1S/C22H31N11O/c1-32(16-9-7-15(8-10-16)24-21(34)20-29-31-33(2)30-20)22-23-12-11-18(26-22)25-19-13-17(27-28-19)14-5-3-4-6-14/h11-16H,3-10H2,1-2H3,(H,24,34)(H2,23,25,26,27,28)/t15-,16-. The average molecular weight is 466 g/mol. The molecular weight excluding hydrogens is 434 g/mol. The number of amides is 1. The molecule has 3 N–H and O–H groups in total. The van der Waals surface area contributed by atoms with Gasteiger partial charge in [0.2, 0.25) is 5.95 Å². The topological polar surface area (TPSA) is 142 Å². The Morgan fingerprint density at radius 3 is 2.68 bits per heavy atom. The van der Waals surface area contributed by atoms with E-state index in [1.165, 1.54) is 36.2 Å². The Morgan fingerprint density at radius 2 is 1.94 bits per heavy atom. The summed E-state index contributed by atoms with van der Waals surface area (Å²) in [4.78, 5) is 24.9. The van der Waals surface area contributed by atoms with Crippen molar-refractivity contribution in [2.24, 2.45) is 7.05 Å². The molecule has 3 heterocycles. The van der Waals surface area contributed by atoms with Crippen molar-refractivity contribution in [3.8, 4) is 0 Å². The zero-order valence-electron chi connectivity index (χ0n) is 19.6. The molecule has 2 fully saturated rings. The Balaban J connectivity index is 1.15. The largest absolute Gasteiger partial charge is 0.346 e. The zero-order valence-corrected chi connectivity index (χ0v) is 19.6. The van der Waals surface area contributed by atoms with Gasteiger partial charge in [-0.15, -0.1) is 10.2 Å². The van der Waals surface area contributed by atoms with Crippen molar-refractivity contribution >= 4 is 23.5 Å². The number of hydrogen-bond acceptors (Lipinski definition) is 9. The molecule has 2 aliphatic rings. The van der Waals surface area contributed by atoms with Crippen LogP contribution in [0.15, 0.2) is 18.3 Å². The summed E-state index contributed by atoms with van der Waals surface area (Å²) in [5.74, 6) is 2.59. The summed E-state index contributed by atoms with van der Waals surface area (Å²) in [5.41, 5.74) is 1.20. The van der Waals surface area contributed by atoms with Crippen LogP contribution in [0.1, 0.15) is 73.6 Å². The maximum Gasteiger partial charge on any atom is 0.293 e. The highest BCUT2D eigenvalue weighted by atomic mass is 16.2. The normalized spacial score (nSPS) is 20.9. The summed E-state index contributed by atoms with van der Waals surface area (Å²) < 4.78 is 0. The lowest BCUT2D eigenvalue weighted by Gasteiger charge is -2.34. The lowest BCUT2D eigenvalue weighted by molar-refractivity contribution is 0.0914. The van der Waals surface area contributed by atoms with E-state index >= 15 is 0 Å². The molecule has 0 saturated heterocycles. The third-order valence-corrected chi connectivity index (χ3v) is 6.90. The predicted molar refractivity (Wildman–Crippen MR) is 126 cm³/mol. The number of nitrogens with zero attached hydrogens (tertiary/aromatic N) is 8. The van der Waals surface area contributed by atoms with E-state index in [4.69, 9.17) is 4.98 Å². The number of carbonyl (C=O) groups is 1. The predicted octanol–water partition coefficient (Wildman–Crippen LogP) is 2.30. The van der Waals surface area contributed by atoms with E-state index in [-0.39, 0.29) is 17.8 Å². The second kappa shape index (κ2) is 9.74. The first-order valence-electron chi connectivity index (χ1n) is 12.0. The molecule has 2 saturated carbocycles. The molecule has 0 radical (unpaired) electrons. The van der Waals surface area contributed by atoms with Crippen molar-refractivity contribution < 1.29 is 4.79 Å². The van der Waals surface area contributed by atoms with Crippen LogP contribution in [0, 0.1) is 0 Å². The summed E-state index contributed by atoms with van der Waals surface area (Å²) in [6.07, 6.45) is 10.4. The molecule has 0 spiro atoms. The van der Waals surface area contributed by atoms with Gasteiger partial charge >= 0.3 is 0 Å². The average Bonchev–Trinajstić information content (AvgIpc) is 3.61. The Bertz CT molecular complexity index is 1110. The first-order valence-corrected chi connectivity index (χ1v) is 12.0. The molecule has 0 bridgehead atoms. The summed E-state index contributed by atoms with van der Waals surface area (Å²) in [5, 5.41) is 25.4. The second-order valence-electron chi connectivity index (χ2n) is 9.25. The fourth-order valence-corrected chi connectivity index (χ4v) is 4.96. The lowest BCUT2D eigenvalue weighted by Crippen LogP contribution is -2.43. The van der Waals surface area contributed by atoms with Crippen LogP contribution in [0.2, 0.25) is 0 Å². The highest BCUT2D eigenvalue weighted by Crippen LogP contribution is 2.34. The van der Waals surface area contributed by atoms with Gasteiger partial charge in [-0.2, -0.15) is 14.9 Å². The molecule has 34 heavy (non-hydrogen) atoms. The quantitative estimate of drug-likeness (QED) is 0.479. The number of H-pyrrole nitrogens is 1. The van der Waals surface area contributed by atoms with Crippen LogP contribution in [0.25, 0.3) is 0 Å².